The first-order valence-corrected chi connectivity index (χ1v) is 7.40. The Morgan fingerprint density at radius 2 is 2.33 bits per heavy atom. The fraction of sp³-hybridized carbons (Fsp3) is 0.438. The lowest BCUT2D eigenvalue weighted by Crippen LogP contribution is -2.31. The lowest BCUT2D eigenvalue weighted by atomic mass is 10.0. The number of imidazole rings is 1. The Kier molecular flexibility index (Phi) is 3.99. The molecule has 21 heavy (non-hydrogen) atoms. The maximum absolute atomic E-state index is 12.2. The van der Waals surface area contributed by atoms with E-state index in [9.17, 15) is 4.79 Å². The zero-order chi connectivity index (χ0) is 14.7. The molecule has 0 spiro atoms. The number of carbonyl (C=O) groups is 1. The van der Waals surface area contributed by atoms with Crippen molar-refractivity contribution in [2.75, 3.05) is 0 Å². The first-order valence-electron chi connectivity index (χ1n) is 7.40. The van der Waals surface area contributed by atoms with Gasteiger partial charge in [0, 0.05) is 31.6 Å². The van der Waals surface area contributed by atoms with Crippen molar-refractivity contribution in [3.8, 4) is 0 Å². The van der Waals surface area contributed by atoms with E-state index in [1.807, 2.05) is 16.8 Å². The van der Waals surface area contributed by atoms with Gasteiger partial charge in [0.1, 0.15) is 0 Å². The number of carbonyl (C=O) groups excluding carboxylic acids is 1. The summed E-state index contributed by atoms with van der Waals surface area (Å²) in [5.41, 5.74) is 2.15. The summed E-state index contributed by atoms with van der Waals surface area (Å²) >= 11 is 0. The minimum absolute atomic E-state index is 0.0569. The van der Waals surface area contributed by atoms with E-state index in [0.29, 0.717) is 18.9 Å². The molecule has 110 valence electrons. The Balaban J connectivity index is 1.63. The molecule has 5 nitrogen and oxygen atoms in total. The van der Waals surface area contributed by atoms with Crippen LogP contribution in [0, 0.1) is 12.8 Å². The average Bonchev–Trinajstić information content (AvgIpc) is 3.19. The van der Waals surface area contributed by atoms with Crippen LogP contribution in [-0.4, -0.2) is 20.4 Å². The average molecular weight is 284 g/mol. The van der Waals surface area contributed by atoms with Crippen LogP contribution in [0.15, 0.2) is 37.1 Å². The molecule has 2 aromatic rings. The van der Waals surface area contributed by atoms with E-state index >= 15 is 0 Å². The largest absolute Gasteiger partial charge is 0.347 e. The number of nitrogens with zero attached hydrogens (tertiary/aromatic N) is 3. The van der Waals surface area contributed by atoms with Crippen LogP contribution < -0.4 is 5.32 Å². The fourth-order valence-electron chi connectivity index (χ4n) is 2.56. The van der Waals surface area contributed by atoms with Crippen molar-refractivity contribution >= 4 is 5.91 Å². The summed E-state index contributed by atoms with van der Waals surface area (Å²) in [5, 5.41) is 3.16. The summed E-state index contributed by atoms with van der Waals surface area (Å²) in [6.07, 6.45) is 9.93. The first-order chi connectivity index (χ1) is 10.2. The molecular weight excluding hydrogens is 264 g/mol. The van der Waals surface area contributed by atoms with Crippen LogP contribution in [0.3, 0.4) is 0 Å². The lowest BCUT2D eigenvalue weighted by molar-refractivity contribution is -0.122. The number of rotatable bonds is 6. The molecule has 1 N–H and O–H groups in total. The second kappa shape index (κ2) is 6.08. The molecule has 1 fully saturated rings. The Morgan fingerprint density at radius 1 is 1.48 bits per heavy atom. The molecule has 3 rings (SSSR count). The second-order valence-corrected chi connectivity index (χ2v) is 5.64. The summed E-state index contributed by atoms with van der Waals surface area (Å²) in [4.78, 5) is 20.6. The minimum Gasteiger partial charge on any atom is -0.347 e. The van der Waals surface area contributed by atoms with E-state index in [2.05, 4.69) is 28.3 Å². The van der Waals surface area contributed by atoms with Crippen molar-refractivity contribution in [3.63, 3.8) is 0 Å². The van der Waals surface area contributed by atoms with E-state index in [1.54, 1.807) is 18.7 Å². The molecule has 1 saturated carbocycles. The predicted octanol–water partition coefficient (Wildman–Crippen LogP) is 2.24. The van der Waals surface area contributed by atoms with Crippen molar-refractivity contribution < 1.29 is 4.79 Å². The third-order valence-electron chi connectivity index (χ3n) is 3.91. The second-order valence-electron chi connectivity index (χ2n) is 5.64. The third-order valence-corrected chi connectivity index (χ3v) is 3.91. The minimum atomic E-state index is 0.0569. The molecule has 1 aliphatic rings. The number of pyridine rings is 1. The highest BCUT2D eigenvalue weighted by molar-refractivity contribution is 5.76. The number of hydrogen-bond acceptors (Lipinski definition) is 3. The highest BCUT2D eigenvalue weighted by Crippen LogP contribution is 2.41. The van der Waals surface area contributed by atoms with Gasteiger partial charge >= 0.3 is 0 Å². The number of amides is 1. The van der Waals surface area contributed by atoms with Crippen LogP contribution >= 0.6 is 0 Å². The molecule has 1 unspecified atom stereocenters. The van der Waals surface area contributed by atoms with Crippen LogP contribution in [0.2, 0.25) is 0 Å². The lowest BCUT2D eigenvalue weighted by Gasteiger charge is -2.19. The normalized spacial score (nSPS) is 15.7. The number of aromatic nitrogens is 3. The van der Waals surface area contributed by atoms with E-state index in [-0.39, 0.29) is 11.9 Å². The van der Waals surface area contributed by atoms with Gasteiger partial charge in [-0.25, -0.2) is 4.98 Å². The molecule has 1 atom stereocenters. The van der Waals surface area contributed by atoms with Gasteiger partial charge in [-0.15, -0.1) is 0 Å². The van der Waals surface area contributed by atoms with Crippen LogP contribution in [0.5, 0.6) is 0 Å². The highest BCUT2D eigenvalue weighted by atomic mass is 16.1. The Hall–Kier alpha value is -2.17. The number of hydrogen-bond donors (Lipinski definition) is 1. The monoisotopic (exact) mass is 284 g/mol. The maximum Gasteiger partial charge on any atom is 0.222 e. The summed E-state index contributed by atoms with van der Waals surface area (Å²) in [6.45, 7) is 2.71. The van der Waals surface area contributed by atoms with Gasteiger partial charge in [0.15, 0.2) is 0 Å². The van der Waals surface area contributed by atoms with Crippen LogP contribution in [0.1, 0.15) is 36.6 Å². The third kappa shape index (κ3) is 3.48. The van der Waals surface area contributed by atoms with Crippen molar-refractivity contribution in [1.29, 1.82) is 0 Å². The van der Waals surface area contributed by atoms with Crippen LogP contribution in [0.25, 0.3) is 0 Å². The van der Waals surface area contributed by atoms with Crippen molar-refractivity contribution in [2.24, 2.45) is 5.92 Å². The molecule has 0 bridgehead atoms. The number of aryl methyl sites for hydroxylation is 2. The van der Waals surface area contributed by atoms with E-state index in [4.69, 9.17) is 0 Å². The SMILES string of the molecule is Cc1cccnc1C(NC(=O)CCn1ccnc1)C1CC1. The maximum atomic E-state index is 12.2. The van der Waals surface area contributed by atoms with Gasteiger partial charge < -0.3 is 9.88 Å². The molecule has 0 saturated heterocycles. The van der Waals surface area contributed by atoms with Crippen molar-refractivity contribution in [2.45, 2.75) is 38.8 Å². The van der Waals surface area contributed by atoms with Gasteiger partial charge in [0.2, 0.25) is 5.91 Å². The fourth-order valence-corrected chi connectivity index (χ4v) is 2.56. The van der Waals surface area contributed by atoms with Gasteiger partial charge in [-0.1, -0.05) is 6.07 Å². The molecule has 1 amide bonds. The van der Waals surface area contributed by atoms with Crippen LogP contribution in [-0.2, 0) is 11.3 Å². The van der Waals surface area contributed by atoms with E-state index in [1.165, 1.54) is 12.8 Å². The van der Waals surface area contributed by atoms with E-state index in [0.717, 1.165) is 11.3 Å². The summed E-state index contributed by atoms with van der Waals surface area (Å²) in [5.74, 6) is 0.612. The van der Waals surface area contributed by atoms with E-state index < -0.39 is 0 Å². The molecule has 0 aliphatic heterocycles. The molecule has 2 heterocycles. The topological polar surface area (TPSA) is 59.8 Å². The Morgan fingerprint density at radius 3 is 3.00 bits per heavy atom. The quantitative estimate of drug-likeness (QED) is 0.885. The zero-order valence-electron chi connectivity index (χ0n) is 12.2. The summed E-state index contributed by atoms with van der Waals surface area (Å²) in [6, 6.07) is 4.04. The molecule has 5 heteroatoms. The molecule has 0 radical (unpaired) electrons. The molecule has 0 aromatic carbocycles. The molecular formula is C16H20N4O. The Labute approximate surface area is 124 Å². The highest BCUT2D eigenvalue weighted by Gasteiger charge is 2.34. The smallest absolute Gasteiger partial charge is 0.222 e. The molecule has 2 aromatic heterocycles. The zero-order valence-corrected chi connectivity index (χ0v) is 12.2. The van der Waals surface area contributed by atoms with Crippen molar-refractivity contribution in [3.05, 3.63) is 48.3 Å². The van der Waals surface area contributed by atoms with Gasteiger partial charge in [-0.2, -0.15) is 0 Å². The van der Waals surface area contributed by atoms with Crippen LogP contribution in [0.4, 0.5) is 0 Å². The summed E-state index contributed by atoms with van der Waals surface area (Å²) in [7, 11) is 0. The standard InChI is InChI=1S/C16H20N4O/c1-12-3-2-7-18-15(12)16(13-4-5-13)19-14(21)6-9-20-10-8-17-11-20/h2-3,7-8,10-11,13,16H,4-6,9H2,1H3,(H,19,21). The van der Waals surface area contributed by atoms with Gasteiger partial charge in [-0.05, 0) is 37.3 Å². The summed E-state index contributed by atoms with van der Waals surface area (Å²) < 4.78 is 1.91. The van der Waals surface area contributed by atoms with Gasteiger partial charge in [0.25, 0.3) is 0 Å². The Bertz CT molecular complexity index is 604. The predicted molar refractivity (Wildman–Crippen MR) is 79.4 cm³/mol. The van der Waals surface area contributed by atoms with Gasteiger partial charge in [0.05, 0.1) is 18.1 Å². The number of nitrogens with one attached hydrogen (secondary N) is 1. The molecule has 1 aliphatic carbocycles. The van der Waals surface area contributed by atoms with Gasteiger partial charge in [-0.3, -0.25) is 9.78 Å². The van der Waals surface area contributed by atoms with Crippen molar-refractivity contribution in [1.82, 2.24) is 19.9 Å². The first kappa shape index (κ1) is 13.8.